The molecule has 0 saturated heterocycles. The number of carbonyl (C=O) groups excluding carboxylic acids is 3. The van der Waals surface area contributed by atoms with Crippen LogP contribution >= 0.6 is 11.6 Å². The maximum absolute atomic E-state index is 12.2. The lowest BCUT2D eigenvalue weighted by atomic mass is 9.77. The third-order valence-corrected chi connectivity index (χ3v) is 5.48. The molecule has 1 fully saturated rings. The Labute approximate surface area is 173 Å². The molecule has 2 N–H and O–H groups in total. The van der Waals surface area contributed by atoms with Crippen LogP contribution in [0.3, 0.4) is 0 Å². The number of carbonyl (C=O) groups is 3. The molecule has 0 spiro atoms. The highest BCUT2D eigenvalue weighted by Gasteiger charge is 2.69. The Hall–Kier alpha value is -1.84. The number of rotatable bonds is 7. The molecule has 1 aliphatic carbocycles. The molecule has 0 aromatic carbocycles. The van der Waals surface area contributed by atoms with Crippen molar-refractivity contribution in [1.82, 2.24) is 0 Å². The molecule has 0 radical (unpaired) electrons. The quantitative estimate of drug-likeness (QED) is 0.343. The van der Waals surface area contributed by atoms with Gasteiger partial charge in [-0.15, -0.1) is 11.6 Å². The summed E-state index contributed by atoms with van der Waals surface area (Å²) in [6.45, 7) is 5.70. The number of halogens is 1. The van der Waals surface area contributed by atoms with Crippen molar-refractivity contribution in [2.45, 2.75) is 64.1 Å². The van der Waals surface area contributed by atoms with Crippen LogP contribution in [0.4, 0.5) is 0 Å². The molecule has 2 rings (SSSR count). The molecule has 5 atom stereocenters. The zero-order valence-corrected chi connectivity index (χ0v) is 17.6. The Morgan fingerprint density at radius 1 is 1.24 bits per heavy atom. The summed E-state index contributed by atoms with van der Waals surface area (Å²) in [6.07, 6.45) is -1.58. The number of hydrogen-bond acceptors (Lipinski definition) is 9. The van der Waals surface area contributed by atoms with Gasteiger partial charge in [-0.1, -0.05) is 13.8 Å². The predicted molar refractivity (Wildman–Crippen MR) is 99.4 cm³/mol. The van der Waals surface area contributed by atoms with Gasteiger partial charge in [-0.3, -0.25) is 14.4 Å². The van der Waals surface area contributed by atoms with Gasteiger partial charge in [-0.2, -0.15) is 0 Å². The van der Waals surface area contributed by atoms with Gasteiger partial charge in [0.2, 0.25) is 0 Å². The van der Waals surface area contributed by atoms with Crippen molar-refractivity contribution >= 4 is 29.5 Å². The third-order valence-electron chi connectivity index (χ3n) is 5.06. The Bertz CT molecular complexity index is 691. The fourth-order valence-electron chi connectivity index (χ4n) is 3.78. The molecule has 0 aromatic heterocycles. The van der Waals surface area contributed by atoms with E-state index in [9.17, 15) is 24.6 Å². The van der Waals surface area contributed by atoms with E-state index in [2.05, 4.69) is 0 Å². The van der Waals surface area contributed by atoms with Gasteiger partial charge in [-0.25, -0.2) is 0 Å². The van der Waals surface area contributed by atoms with Crippen molar-refractivity contribution in [1.29, 1.82) is 0 Å². The summed E-state index contributed by atoms with van der Waals surface area (Å²) in [5, 5.41) is 22.7. The van der Waals surface area contributed by atoms with Crippen molar-refractivity contribution in [2.75, 3.05) is 12.5 Å². The minimum absolute atomic E-state index is 0.0179. The number of fused-ring (bicyclic) bond motifs is 1. The van der Waals surface area contributed by atoms with Gasteiger partial charge in [-0.05, 0) is 5.92 Å². The molecular weight excluding hydrogens is 408 g/mol. The van der Waals surface area contributed by atoms with Crippen LogP contribution < -0.4 is 0 Å². The first kappa shape index (κ1) is 23.4. The van der Waals surface area contributed by atoms with Crippen LogP contribution in [0.2, 0.25) is 0 Å². The molecular formula is C19H27ClO9. The smallest absolute Gasteiger partial charge is 0.309 e. The summed E-state index contributed by atoms with van der Waals surface area (Å²) < 4.78 is 21.0. The van der Waals surface area contributed by atoms with Gasteiger partial charge < -0.3 is 29.2 Å². The summed E-state index contributed by atoms with van der Waals surface area (Å²) in [6, 6.07) is 0. The largest absolute Gasteiger partial charge is 0.462 e. The van der Waals surface area contributed by atoms with Crippen LogP contribution in [-0.4, -0.2) is 64.2 Å². The molecule has 0 unspecified atom stereocenters. The summed E-state index contributed by atoms with van der Waals surface area (Å²) >= 11 is 6.02. The molecule has 29 heavy (non-hydrogen) atoms. The summed E-state index contributed by atoms with van der Waals surface area (Å²) in [7, 11) is 0. The van der Waals surface area contributed by atoms with Crippen molar-refractivity contribution < 1.29 is 43.5 Å². The Kier molecular flexibility index (Phi) is 7.19. The van der Waals surface area contributed by atoms with Crippen LogP contribution in [0.25, 0.3) is 0 Å². The van der Waals surface area contributed by atoms with Crippen LogP contribution in [0.5, 0.6) is 0 Å². The zero-order chi connectivity index (χ0) is 22.0. The van der Waals surface area contributed by atoms with Gasteiger partial charge >= 0.3 is 17.9 Å². The van der Waals surface area contributed by atoms with Crippen molar-refractivity contribution in [2.24, 2.45) is 11.8 Å². The highest BCUT2D eigenvalue weighted by atomic mass is 35.5. The van der Waals surface area contributed by atoms with Crippen LogP contribution in [0.15, 0.2) is 11.8 Å². The average molecular weight is 435 g/mol. The molecule has 0 aromatic rings. The van der Waals surface area contributed by atoms with E-state index in [0.29, 0.717) is 0 Å². The molecule has 9 nitrogen and oxygen atoms in total. The van der Waals surface area contributed by atoms with Crippen LogP contribution in [-0.2, 0) is 33.3 Å². The van der Waals surface area contributed by atoms with Gasteiger partial charge in [0.05, 0.1) is 18.1 Å². The molecule has 1 saturated carbocycles. The zero-order valence-electron chi connectivity index (χ0n) is 16.8. The van der Waals surface area contributed by atoms with Crippen LogP contribution in [0.1, 0.15) is 40.5 Å². The van der Waals surface area contributed by atoms with Crippen molar-refractivity contribution in [3.63, 3.8) is 0 Å². The first-order valence-electron chi connectivity index (χ1n) is 9.29. The van der Waals surface area contributed by atoms with Gasteiger partial charge in [0.1, 0.15) is 23.9 Å². The lowest BCUT2D eigenvalue weighted by molar-refractivity contribution is -0.228. The normalized spacial score (nSPS) is 33.4. The molecule has 1 aliphatic heterocycles. The van der Waals surface area contributed by atoms with Gasteiger partial charge in [0.25, 0.3) is 6.29 Å². The maximum Gasteiger partial charge on any atom is 0.309 e. The Morgan fingerprint density at radius 3 is 2.41 bits per heavy atom. The Balaban J connectivity index is 2.42. The van der Waals surface area contributed by atoms with Gasteiger partial charge in [0.15, 0.2) is 0 Å². The minimum atomic E-state index is -1.96. The summed E-state index contributed by atoms with van der Waals surface area (Å²) in [5.74, 6) is -3.54. The van der Waals surface area contributed by atoms with E-state index >= 15 is 0 Å². The lowest BCUT2D eigenvalue weighted by Crippen LogP contribution is -2.58. The van der Waals surface area contributed by atoms with E-state index in [1.165, 1.54) is 6.92 Å². The molecule has 2 aliphatic rings. The second-order valence-corrected chi connectivity index (χ2v) is 8.11. The monoisotopic (exact) mass is 434 g/mol. The fraction of sp³-hybridized carbons (Fsp3) is 0.737. The van der Waals surface area contributed by atoms with E-state index in [1.54, 1.807) is 0 Å². The number of hydrogen-bond donors (Lipinski definition) is 2. The number of esters is 3. The molecule has 0 amide bonds. The van der Waals surface area contributed by atoms with E-state index in [1.807, 2.05) is 13.8 Å². The second kappa shape index (κ2) is 8.89. The number of alkyl halides is 1. The van der Waals surface area contributed by atoms with Crippen molar-refractivity contribution in [3.05, 3.63) is 11.8 Å². The summed E-state index contributed by atoms with van der Waals surface area (Å²) in [5.41, 5.74) is -3.67. The second-order valence-electron chi connectivity index (χ2n) is 7.84. The topological polar surface area (TPSA) is 129 Å². The van der Waals surface area contributed by atoms with Crippen molar-refractivity contribution in [3.8, 4) is 0 Å². The first-order valence-corrected chi connectivity index (χ1v) is 9.83. The van der Waals surface area contributed by atoms with E-state index in [-0.39, 0.29) is 30.9 Å². The van der Waals surface area contributed by atoms with E-state index < -0.39 is 53.3 Å². The molecule has 0 bridgehead atoms. The van der Waals surface area contributed by atoms with Gasteiger partial charge in [0, 0.05) is 32.3 Å². The number of ether oxygens (including phenoxy) is 4. The maximum atomic E-state index is 12.2. The van der Waals surface area contributed by atoms with E-state index in [0.717, 1.165) is 13.2 Å². The highest BCUT2D eigenvalue weighted by Crippen LogP contribution is 2.53. The standard InChI is InChI=1S/C19H27ClO9/c1-10(2)5-15(23)29-17-16-18(24,13(8-27-17)7-26-11(3)21)6-14(28-12(4)22)19(16,25)9-20/h8,10,14,16-17,24-25H,5-7,9H2,1-4H3/t14-,16-,17-,18-,19+/m0/s1. The third kappa shape index (κ3) is 4.84. The predicted octanol–water partition coefficient (Wildman–Crippen LogP) is 1.03. The lowest BCUT2D eigenvalue weighted by Gasteiger charge is -2.43. The highest BCUT2D eigenvalue weighted by molar-refractivity contribution is 6.18. The SMILES string of the molecule is CC(=O)OCC1=CO[C@@H](OC(=O)CC(C)C)[C@@H]2[C@@](O)(CCl)[C@@H](OC(C)=O)C[C@]12O. The van der Waals surface area contributed by atoms with E-state index in [4.69, 9.17) is 30.5 Å². The fourth-order valence-corrected chi connectivity index (χ4v) is 4.12. The average Bonchev–Trinajstić information content (AvgIpc) is 2.81. The Morgan fingerprint density at radius 2 is 1.90 bits per heavy atom. The minimum Gasteiger partial charge on any atom is -0.462 e. The number of aliphatic hydroxyl groups is 2. The summed E-state index contributed by atoms with van der Waals surface area (Å²) in [4.78, 5) is 34.9. The first-order chi connectivity index (χ1) is 13.4. The molecule has 164 valence electrons. The molecule has 10 heteroatoms. The molecule has 1 heterocycles. The van der Waals surface area contributed by atoms with Crippen LogP contribution in [0, 0.1) is 11.8 Å².